The molecule has 0 radical (unpaired) electrons. The lowest BCUT2D eigenvalue weighted by atomic mass is 10.1. The van der Waals surface area contributed by atoms with Crippen molar-refractivity contribution in [2.75, 3.05) is 13.1 Å². The molecule has 3 heteroatoms. The number of nitrogens with one attached hydrogen (secondary N) is 1. The second-order valence-electron chi connectivity index (χ2n) is 4.25. The van der Waals surface area contributed by atoms with Crippen LogP contribution in [-0.2, 0) is 0 Å². The Morgan fingerprint density at radius 3 is 2.71 bits per heavy atom. The molecule has 3 nitrogen and oxygen atoms in total. The van der Waals surface area contributed by atoms with Crippen molar-refractivity contribution in [3.05, 3.63) is 18.7 Å². The van der Waals surface area contributed by atoms with Crippen LogP contribution in [0.5, 0.6) is 0 Å². The van der Waals surface area contributed by atoms with Crippen LogP contribution in [0.3, 0.4) is 0 Å². The summed E-state index contributed by atoms with van der Waals surface area (Å²) in [6.45, 7) is 8.83. The van der Waals surface area contributed by atoms with Crippen LogP contribution in [-0.4, -0.2) is 22.6 Å². The van der Waals surface area contributed by atoms with E-state index in [1.54, 1.807) is 0 Å². The van der Waals surface area contributed by atoms with E-state index in [0.717, 1.165) is 19.0 Å². The van der Waals surface area contributed by atoms with Crippen molar-refractivity contribution in [3.63, 3.8) is 0 Å². The molecule has 0 aliphatic carbocycles. The van der Waals surface area contributed by atoms with Gasteiger partial charge in [0.05, 0.1) is 6.33 Å². The molecule has 0 bridgehead atoms. The average molecular weight is 195 g/mol. The summed E-state index contributed by atoms with van der Waals surface area (Å²) >= 11 is 0. The molecule has 0 amide bonds. The first-order valence-corrected chi connectivity index (χ1v) is 5.38. The fourth-order valence-electron chi connectivity index (χ4n) is 1.34. The summed E-state index contributed by atoms with van der Waals surface area (Å²) in [5, 5.41) is 3.46. The summed E-state index contributed by atoms with van der Waals surface area (Å²) < 4.78 is 2.13. The molecule has 1 N–H and O–H groups in total. The van der Waals surface area contributed by atoms with Crippen molar-refractivity contribution in [3.8, 4) is 0 Å². The third-order valence-electron chi connectivity index (χ3n) is 2.37. The molecule has 0 fully saturated rings. The fourth-order valence-corrected chi connectivity index (χ4v) is 1.34. The average Bonchev–Trinajstić information content (AvgIpc) is 2.64. The topological polar surface area (TPSA) is 29.9 Å². The van der Waals surface area contributed by atoms with Crippen LogP contribution >= 0.6 is 0 Å². The molecular weight excluding hydrogens is 174 g/mol. The van der Waals surface area contributed by atoms with E-state index in [1.165, 1.54) is 6.42 Å². The van der Waals surface area contributed by atoms with Gasteiger partial charge >= 0.3 is 0 Å². The zero-order valence-corrected chi connectivity index (χ0v) is 9.40. The number of nitrogens with zero attached hydrogens (tertiary/aromatic N) is 2. The van der Waals surface area contributed by atoms with Crippen LogP contribution in [0, 0.1) is 5.92 Å². The van der Waals surface area contributed by atoms with E-state index in [2.05, 4.69) is 35.6 Å². The first-order valence-electron chi connectivity index (χ1n) is 5.38. The normalized spacial score (nSPS) is 13.4. The molecule has 1 atom stereocenters. The van der Waals surface area contributed by atoms with Crippen LogP contribution < -0.4 is 5.32 Å². The molecule has 14 heavy (non-hydrogen) atoms. The highest BCUT2D eigenvalue weighted by Crippen LogP contribution is 2.02. The van der Waals surface area contributed by atoms with Gasteiger partial charge in [0.25, 0.3) is 0 Å². The van der Waals surface area contributed by atoms with Crippen molar-refractivity contribution < 1.29 is 0 Å². The highest BCUT2D eigenvalue weighted by Gasteiger charge is 2.02. The smallest absolute Gasteiger partial charge is 0.0948 e. The summed E-state index contributed by atoms with van der Waals surface area (Å²) in [6.07, 6.45) is 6.95. The summed E-state index contributed by atoms with van der Waals surface area (Å²) in [4.78, 5) is 4.03. The first-order chi connectivity index (χ1) is 6.70. The third-order valence-corrected chi connectivity index (χ3v) is 2.37. The molecular formula is C11H21N3. The molecule has 0 aliphatic rings. The van der Waals surface area contributed by atoms with E-state index < -0.39 is 0 Å². The summed E-state index contributed by atoms with van der Waals surface area (Å²) in [5.41, 5.74) is 0. The predicted molar refractivity (Wildman–Crippen MR) is 59.3 cm³/mol. The third kappa shape index (κ3) is 3.92. The SMILES string of the molecule is CC(C)CCNCC(C)n1ccnc1. The zero-order chi connectivity index (χ0) is 10.4. The first kappa shape index (κ1) is 11.2. The summed E-state index contributed by atoms with van der Waals surface area (Å²) in [7, 11) is 0. The Morgan fingerprint density at radius 1 is 1.36 bits per heavy atom. The van der Waals surface area contributed by atoms with E-state index >= 15 is 0 Å². The molecule has 0 aromatic carbocycles. The lowest BCUT2D eigenvalue weighted by Gasteiger charge is -2.14. The van der Waals surface area contributed by atoms with Crippen molar-refractivity contribution in [2.45, 2.75) is 33.2 Å². The van der Waals surface area contributed by atoms with Crippen LogP contribution in [0.15, 0.2) is 18.7 Å². The van der Waals surface area contributed by atoms with E-state index in [9.17, 15) is 0 Å². The van der Waals surface area contributed by atoms with E-state index in [4.69, 9.17) is 0 Å². The lowest BCUT2D eigenvalue weighted by Crippen LogP contribution is -2.24. The minimum absolute atomic E-state index is 0.490. The minimum atomic E-state index is 0.490. The van der Waals surface area contributed by atoms with Crippen molar-refractivity contribution in [1.82, 2.24) is 14.9 Å². The number of rotatable bonds is 6. The van der Waals surface area contributed by atoms with Gasteiger partial charge in [-0.25, -0.2) is 4.98 Å². The van der Waals surface area contributed by atoms with E-state index in [1.807, 2.05) is 18.7 Å². The van der Waals surface area contributed by atoms with Gasteiger partial charge in [0.15, 0.2) is 0 Å². The van der Waals surface area contributed by atoms with Crippen LogP contribution in [0.1, 0.15) is 33.2 Å². The number of aromatic nitrogens is 2. The van der Waals surface area contributed by atoms with Crippen LogP contribution in [0.2, 0.25) is 0 Å². The van der Waals surface area contributed by atoms with E-state index in [0.29, 0.717) is 6.04 Å². The maximum Gasteiger partial charge on any atom is 0.0948 e. The standard InChI is InChI=1S/C11H21N3/c1-10(2)4-5-12-8-11(3)14-7-6-13-9-14/h6-7,9-12H,4-5,8H2,1-3H3. The Morgan fingerprint density at radius 2 is 2.14 bits per heavy atom. The Labute approximate surface area is 86.5 Å². The molecule has 0 aliphatic heterocycles. The van der Waals surface area contributed by atoms with Crippen LogP contribution in [0.25, 0.3) is 0 Å². The lowest BCUT2D eigenvalue weighted by molar-refractivity contribution is 0.467. The largest absolute Gasteiger partial charge is 0.333 e. The molecule has 1 rings (SSSR count). The fraction of sp³-hybridized carbons (Fsp3) is 0.727. The van der Waals surface area contributed by atoms with E-state index in [-0.39, 0.29) is 0 Å². The Hall–Kier alpha value is -0.830. The van der Waals surface area contributed by atoms with Gasteiger partial charge < -0.3 is 9.88 Å². The van der Waals surface area contributed by atoms with Crippen molar-refractivity contribution in [2.24, 2.45) is 5.92 Å². The molecule has 0 spiro atoms. The number of hydrogen-bond donors (Lipinski definition) is 1. The maximum atomic E-state index is 4.03. The second kappa shape index (κ2) is 5.81. The van der Waals surface area contributed by atoms with Gasteiger partial charge in [-0.2, -0.15) is 0 Å². The molecule has 1 heterocycles. The molecule has 1 unspecified atom stereocenters. The Kier molecular flexibility index (Phi) is 4.66. The van der Waals surface area contributed by atoms with Gasteiger partial charge in [-0.1, -0.05) is 13.8 Å². The van der Waals surface area contributed by atoms with Gasteiger partial charge in [0.1, 0.15) is 0 Å². The Bertz CT molecular complexity index is 229. The molecule has 0 saturated carbocycles. The maximum absolute atomic E-state index is 4.03. The number of imidazole rings is 1. The summed E-state index contributed by atoms with van der Waals surface area (Å²) in [5.74, 6) is 0.783. The van der Waals surface area contributed by atoms with Crippen molar-refractivity contribution >= 4 is 0 Å². The molecule has 1 aromatic heterocycles. The predicted octanol–water partition coefficient (Wildman–Crippen LogP) is 2.08. The van der Waals surface area contributed by atoms with Crippen molar-refractivity contribution in [1.29, 1.82) is 0 Å². The Balaban J connectivity index is 2.13. The molecule has 80 valence electrons. The van der Waals surface area contributed by atoms with Gasteiger partial charge in [0, 0.05) is 25.0 Å². The van der Waals surface area contributed by atoms with Gasteiger partial charge in [-0.15, -0.1) is 0 Å². The molecule has 0 saturated heterocycles. The van der Waals surface area contributed by atoms with Gasteiger partial charge in [-0.3, -0.25) is 0 Å². The molecule has 1 aromatic rings. The van der Waals surface area contributed by atoms with Crippen LogP contribution in [0.4, 0.5) is 0 Å². The highest BCUT2D eigenvalue weighted by molar-refractivity contribution is 4.79. The zero-order valence-electron chi connectivity index (χ0n) is 9.40. The minimum Gasteiger partial charge on any atom is -0.333 e. The summed E-state index contributed by atoms with van der Waals surface area (Å²) in [6, 6.07) is 0.490. The quantitative estimate of drug-likeness (QED) is 0.704. The monoisotopic (exact) mass is 195 g/mol. The van der Waals surface area contributed by atoms with Gasteiger partial charge in [0.2, 0.25) is 0 Å². The number of hydrogen-bond acceptors (Lipinski definition) is 2. The van der Waals surface area contributed by atoms with Gasteiger partial charge in [-0.05, 0) is 25.8 Å². The highest BCUT2D eigenvalue weighted by atomic mass is 15.1. The second-order valence-corrected chi connectivity index (χ2v) is 4.25.